The summed E-state index contributed by atoms with van der Waals surface area (Å²) in [5, 5.41) is 11.0. The molecular formula is C15H15N2O4+. The number of aromatic nitrogens is 1. The second-order valence-corrected chi connectivity index (χ2v) is 4.62. The molecule has 0 radical (unpaired) electrons. The maximum Gasteiger partial charge on any atom is 0.311 e. The molecule has 1 aromatic heterocycles. The molecule has 1 aromatic carbocycles. The van der Waals surface area contributed by atoms with Crippen LogP contribution in [-0.4, -0.2) is 17.8 Å². The van der Waals surface area contributed by atoms with Gasteiger partial charge in [0.15, 0.2) is 18.1 Å². The van der Waals surface area contributed by atoms with Crippen LogP contribution in [-0.2, 0) is 6.54 Å². The molecule has 0 bridgehead atoms. The molecule has 21 heavy (non-hydrogen) atoms. The summed E-state index contributed by atoms with van der Waals surface area (Å²) in [6.45, 7) is 2.06. The highest BCUT2D eigenvalue weighted by atomic mass is 16.6. The lowest BCUT2D eigenvalue weighted by atomic mass is 10.1. The van der Waals surface area contributed by atoms with Gasteiger partial charge in [-0.1, -0.05) is 0 Å². The fraction of sp³-hybridized carbons (Fsp3) is 0.200. The number of methoxy groups -OCH3 is 1. The topological polar surface area (TPSA) is 73.3 Å². The SMILES string of the molecule is COc1ccc(C(=O)C[n+]2cccc(C)c2)cc1[N+](=O)[O-]. The van der Waals surface area contributed by atoms with Crippen LogP contribution in [0, 0.1) is 17.0 Å². The fourth-order valence-corrected chi connectivity index (χ4v) is 2.01. The molecule has 0 aliphatic rings. The number of Topliss-reactive ketones (excluding diaryl/α,β-unsaturated/α-hetero) is 1. The van der Waals surface area contributed by atoms with E-state index in [1.165, 1.54) is 25.3 Å². The Labute approximate surface area is 121 Å². The summed E-state index contributed by atoms with van der Waals surface area (Å²) in [6.07, 6.45) is 3.62. The first-order chi connectivity index (χ1) is 10.0. The minimum Gasteiger partial charge on any atom is -0.490 e. The Hall–Kier alpha value is -2.76. The molecule has 2 aromatic rings. The van der Waals surface area contributed by atoms with Crippen LogP contribution >= 0.6 is 0 Å². The lowest BCUT2D eigenvalue weighted by Gasteiger charge is -2.03. The van der Waals surface area contributed by atoms with E-state index in [-0.39, 0.29) is 29.3 Å². The second kappa shape index (κ2) is 6.13. The van der Waals surface area contributed by atoms with Gasteiger partial charge in [0.2, 0.25) is 12.3 Å². The van der Waals surface area contributed by atoms with E-state index < -0.39 is 4.92 Å². The Morgan fingerprint density at radius 3 is 2.76 bits per heavy atom. The van der Waals surface area contributed by atoms with Crippen LogP contribution in [0.25, 0.3) is 0 Å². The van der Waals surface area contributed by atoms with Crippen molar-refractivity contribution in [2.75, 3.05) is 7.11 Å². The quantitative estimate of drug-likeness (QED) is 0.365. The van der Waals surface area contributed by atoms with Gasteiger partial charge in [0.05, 0.1) is 12.0 Å². The van der Waals surface area contributed by atoms with Crippen molar-refractivity contribution < 1.29 is 19.0 Å². The van der Waals surface area contributed by atoms with E-state index in [9.17, 15) is 14.9 Å². The number of carbonyl (C=O) groups is 1. The number of aryl methyl sites for hydroxylation is 1. The van der Waals surface area contributed by atoms with Crippen molar-refractivity contribution in [1.82, 2.24) is 0 Å². The Balaban J connectivity index is 2.27. The summed E-state index contributed by atoms with van der Waals surface area (Å²) in [5.41, 5.74) is 1.11. The molecule has 0 fully saturated rings. The van der Waals surface area contributed by atoms with E-state index in [0.717, 1.165) is 5.56 Å². The third-order valence-corrected chi connectivity index (χ3v) is 3.03. The van der Waals surface area contributed by atoms with Crippen molar-refractivity contribution in [3.8, 4) is 5.75 Å². The Morgan fingerprint density at radius 1 is 1.38 bits per heavy atom. The van der Waals surface area contributed by atoms with Gasteiger partial charge < -0.3 is 4.74 Å². The van der Waals surface area contributed by atoms with Gasteiger partial charge in [-0.25, -0.2) is 0 Å². The predicted octanol–water partition coefficient (Wildman–Crippen LogP) is 2.08. The molecule has 0 spiro atoms. The van der Waals surface area contributed by atoms with E-state index in [1.807, 2.05) is 25.3 Å². The van der Waals surface area contributed by atoms with Crippen molar-refractivity contribution in [2.24, 2.45) is 0 Å². The molecule has 0 amide bonds. The number of carbonyl (C=O) groups excluding carboxylic acids is 1. The number of benzene rings is 1. The Morgan fingerprint density at radius 2 is 2.14 bits per heavy atom. The van der Waals surface area contributed by atoms with Crippen LogP contribution in [0.5, 0.6) is 5.75 Å². The second-order valence-electron chi connectivity index (χ2n) is 4.62. The van der Waals surface area contributed by atoms with Gasteiger partial charge in [-0.2, -0.15) is 4.57 Å². The summed E-state index contributed by atoms with van der Waals surface area (Å²) in [6, 6.07) is 7.99. The van der Waals surface area contributed by atoms with Crippen LogP contribution in [0.4, 0.5) is 5.69 Å². The van der Waals surface area contributed by atoms with E-state index >= 15 is 0 Å². The summed E-state index contributed by atoms with van der Waals surface area (Å²) >= 11 is 0. The molecule has 0 saturated heterocycles. The van der Waals surface area contributed by atoms with Gasteiger partial charge in [-0.15, -0.1) is 0 Å². The van der Waals surface area contributed by atoms with E-state index in [2.05, 4.69) is 0 Å². The lowest BCUT2D eigenvalue weighted by Crippen LogP contribution is -2.37. The number of hydrogen-bond donors (Lipinski definition) is 0. The molecule has 0 saturated carbocycles. The minimum absolute atomic E-state index is 0.130. The zero-order valence-electron chi connectivity index (χ0n) is 11.8. The van der Waals surface area contributed by atoms with Gasteiger partial charge >= 0.3 is 5.69 Å². The zero-order chi connectivity index (χ0) is 15.4. The Bertz CT molecular complexity index is 698. The molecule has 1 heterocycles. The van der Waals surface area contributed by atoms with Gasteiger partial charge in [0, 0.05) is 23.3 Å². The number of nitro groups is 1. The number of nitrogens with zero attached hydrogens (tertiary/aromatic N) is 2. The number of ether oxygens (including phenoxy) is 1. The molecule has 108 valence electrons. The molecule has 0 aliphatic carbocycles. The van der Waals surface area contributed by atoms with E-state index in [0.29, 0.717) is 0 Å². The predicted molar refractivity (Wildman–Crippen MR) is 75.4 cm³/mol. The summed E-state index contributed by atoms with van der Waals surface area (Å²) in [4.78, 5) is 22.6. The Kier molecular flexibility index (Phi) is 4.27. The average molecular weight is 287 g/mol. The van der Waals surface area contributed by atoms with Crippen LogP contribution < -0.4 is 9.30 Å². The smallest absolute Gasteiger partial charge is 0.311 e. The normalized spacial score (nSPS) is 10.2. The van der Waals surface area contributed by atoms with Crippen molar-refractivity contribution >= 4 is 11.5 Å². The number of nitro benzene ring substituents is 1. The lowest BCUT2D eigenvalue weighted by molar-refractivity contribution is -0.683. The minimum atomic E-state index is -0.560. The monoisotopic (exact) mass is 287 g/mol. The van der Waals surface area contributed by atoms with E-state index in [4.69, 9.17) is 4.74 Å². The highest BCUT2D eigenvalue weighted by molar-refractivity contribution is 5.96. The molecule has 0 aliphatic heterocycles. The number of pyridine rings is 1. The van der Waals surface area contributed by atoms with Gasteiger partial charge in [-0.05, 0) is 25.1 Å². The van der Waals surface area contributed by atoms with Crippen LogP contribution in [0.3, 0.4) is 0 Å². The standard InChI is InChI=1S/C15H15N2O4/c1-11-4-3-7-16(9-11)10-14(18)12-5-6-15(21-2)13(8-12)17(19)20/h3-9H,10H2,1-2H3/q+1. The fourth-order valence-electron chi connectivity index (χ4n) is 2.01. The molecule has 6 heteroatoms. The number of rotatable bonds is 5. The van der Waals surface area contributed by atoms with E-state index in [1.54, 1.807) is 10.8 Å². The third kappa shape index (κ3) is 3.42. The first kappa shape index (κ1) is 14.6. The highest BCUT2D eigenvalue weighted by Crippen LogP contribution is 2.27. The van der Waals surface area contributed by atoms with Gasteiger partial charge in [-0.3, -0.25) is 14.9 Å². The largest absolute Gasteiger partial charge is 0.490 e. The zero-order valence-corrected chi connectivity index (χ0v) is 11.8. The van der Waals surface area contributed by atoms with Gasteiger partial charge in [0.1, 0.15) is 0 Å². The molecule has 0 N–H and O–H groups in total. The molecule has 6 nitrogen and oxygen atoms in total. The van der Waals surface area contributed by atoms with Crippen LogP contribution in [0.2, 0.25) is 0 Å². The summed E-state index contributed by atoms with van der Waals surface area (Å²) in [7, 11) is 1.35. The third-order valence-electron chi connectivity index (χ3n) is 3.03. The van der Waals surface area contributed by atoms with Crippen molar-refractivity contribution in [3.05, 3.63) is 64.0 Å². The first-order valence-electron chi connectivity index (χ1n) is 6.32. The van der Waals surface area contributed by atoms with Crippen molar-refractivity contribution in [3.63, 3.8) is 0 Å². The maximum atomic E-state index is 12.2. The molecule has 0 unspecified atom stereocenters. The van der Waals surface area contributed by atoms with Crippen LogP contribution in [0.1, 0.15) is 15.9 Å². The molecule has 2 rings (SSSR count). The van der Waals surface area contributed by atoms with Crippen LogP contribution in [0.15, 0.2) is 42.7 Å². The van der Waals surface area contributed by atoms with Crippen molar-refractivity contribution in [2.45, 2.75) is 13.5 Å². The summed E-state index contributed by atoms with van der Waals surface area (Å²) < 4.78 is 6.66. The number of hydrogen-bond acceptors (Lipinski definition) is 4. The van der Waals surface area contributed by atoms with Crippen molar-refractivity contribution in [1.29, 1.82) is 0 Å². The molecule has 0 atom stereocenters. The highest BCUT2D eigenvalue weighted by Gasteiger charge is 2.20. The number of ketones is 1. The first-order valence-corrected chi connectivity index (χ1v) is 6.32. The maximum absolute atomic E-state index is 12.2. The summed E-state index contributed by atoms with van der Waals surface area (Å²) in [5.74, 6) is -0.0592. The average Bonchev–Trinajstić information content (AvgIpc) is 2.46. The molecular weight excluding hydrogens is 272 g/mol. The van der Waals surface area contributed by atoms with Gasteiger partial charge in [0.25, 0.3) is 0 Å².